The van der Waals surface area contributed by atoms with Gasteiger partial charge < -0.3 is 24.2 Å². The Bertz CT molecular complexity index is 1720. The highest BCUT2D eigenvalue weighted by molar-refractivity contribution is 5.83. The van der Waals surface area contributed by atoms with E-state index in [9.17, 15) is 19.5 Å². The Balaban J connectivity index is 1.37. The first-order chi connectivity index (χ1) is 26.3. The van der Waals surface area contributed by atoms with E-state index in [1.807, 2.05) is 71.1 Å². The Morgan fingerprint density at radius 1 is 0.911 bits per heavy atom. The molecule has 9 nitrogen and oxygen atoms in total. The molecule has 1 N–H and O–H groups in total. The summed E-state index contributed by atoms with van der Waals surface area (Å²) in [5.74, 6) is 5.35. The molecule has 310 valence electrons. The highest BCUT2D eigenvalue weighted by atomic mass is 16.7. The van der Waals surface area contributed by atoms with Crippen LogP contribution < -0.4 is 5.56 Å². The van der Waals surface area contributed by atoms with E-state index >= 15 is 0 Å². The number of pyridine rings is 1. The van der Waals surface area contributed by atoms with E-state index in [1.165, 1.54) is 0 Å². The molecule has 9 heteroatoms. The maximum Gasteiger partial charge on any atom is 0.309 e. The molecule has 0 radical (unpaired) electrons. The molecule has 0 spiro atoms. The van der Waals surface area contributed by atoms with Gasteiger partial charge in [0.25, 0.3) is 5.56 Å². The van der Waals surface area contributed by atoms with Crippen LogP contribution in [0.4, 0.5) is 0 Å². The smallest absolute Gasteiger partial charge is 0.309 e. The fraction of sp³-hybridized carbons (Fsp3) is 0.681. The summed E-state index contributed by atoms with van der Waals surface area (Å²) in [7, 11) is 2.18. The number of ether oxygens (including phenoxy) is 3. The second-order valence-corrected chi connectivity index (χ2v) is 18.2. The fourth-order valence-corrected chi connectivity index (χ4v) is 9.22. The van der Waals surface area contributed by atoms with Gasteiger partial charge in [-0.2, -0.15) is 0 Å². The number of benzene rings is 1. The van der Waals surface area contributed by atoms with Crippen molar-refractivity contribution in [2.75, 3.05) is 13.6 Å². The van der Waals surface area contributed by atoms with Gasteiger partial charge in [-0.15, -0.1) is 0 Å². The first-order valence-corrected chi connectivity index (χ1v) is 21.1. The van der Waals surface area contributed by atoms with Crippen LogP contribution in [0.5, 0.6) is 0 Å². The Hall–Kier alpha value is -3.29. The standard InChI is InChI=1S/C47H70N2O7/c1-12-40-47(10,53)29-35(6)43(51)34(5)28-46(8,9)44(32(3)25-33(4)45(52)55-40)56-42-27-39(26-36(7)54-42)48(11)24-16-14-13-15-17-37-19-21-38(22-20-37)49-30-31(2)18-23-41(49)50/h18-23,30,32-36,39-40,42,44,53H,12-14,16,24-29H2,1-11H3/t32-,33+,34+,35?,36+,39?,40?,42?,44?,47?/m0/s1. The van der Waals surface area contributed by atoms with E-state index in [4.69, 9.17) is 14.2 Å². The first kappa shape index (κ1) is 45.4. The number of esters is 1. The lowest BCUT2D eigenvalue weighted by Gasteiger charge is -2.45. The lowest BCUT2D eigenvalue weighted by Crippen LogP contribution is -2.49. The van der Waals surface area contributed by atoms with Gasteiger partial charge in [0.2, 0.25) is 0 Å². The number of nitrogens with zero attached hydrogens (tertiary/aromatic N) is 2. The lowest BCUT2D eigenvalue weighted by atomic mass is 9.70. The second-order valence-electron chi connectivity index (χ2n) is 18.2. The van der Waals surface area contributed by atoms with Crippen molar-refractivity contribution in [3.63, 3.8) is 0 Å². The minimum Gasteiger partial charge on any atom is -0.459 e. The fourth-order valence-electron chi connectivity index (χ4n) is 9.22. The molecule has 1 aromatic carbocycles. The van der Waals surface area contributed by atoms with Crippen LogP contribution in [-0.2, 0) is 23.8 Å². The number of Topliss-reactive ketones (excluding diaryl/α,β-unsaturated/α-hetero) is 1. The lowest BCUT2D eigenvalue weighted by molar-refractivity contribution is -0.249. The normalized spacial score (nSPS) is 31.9. The van der Waals surface area contributed by atoms with Gasteiger partial charge in [-0.3, -0.25) is 19.0 Å². The van der Waals surface area contributed by atoms with E-state index in [2.05, 4.69) is 51.5 Å². The summed E-state index contributed by atoms with van der Waals surface area (Å²) < 4.78 is 21.0. The van der Waals surface area contributed by atoms with Crippen LogP contribution in [0, 0.1) is 47.9 Å². The maximum atomic E-state index is 13.7. The minimum atomic E-state index is -1.30. The van der Waals surface area contributed by atoms with Gasteiger partial charge >= 0.3 is 5.97 Å². The van der Waals surface area contributed by atoms with Crippen molar-refractivity contribution in [3.8, 4) is 17.5 Å². The Kier molecular flexibility index (Phi) is 16.2. The van der Waals surface area contributed by atoms with Crippen LogP contribution in [0.3, 0.4) is 0 Å². The molecule has 56 heavy (non-hydrogen) atoms. The summed E-state index contributed by atoms with van der Waals surface area (Å²) in [6.45, 7) is 20.8. The predicted octanol–water partition coefficient (Wildman–Crippen LogP) is 8.27. The van der Waals surface area contributed by atoms with Crippen molar-refractivity contribution in [1.29, 1.82) is 0 Å². The monoisotopic (exact) mass is 775 g/mol. The molecule has 0 bridgehead atoms. The third-order valence-corrected chi connectivity index (χ3v) is 12.1. The van der Waals surface area contributed by atoms with Crippen LogP contribution >= 0.6 is 0 Å². The highest BCUT2D eigenvalue weighted by Gasteiger charge is 2.44. The Morgan fingerprint density at radius 3 is 2.27 bits per heavy atom. The number of unbranched alkanes of at least 4 members (excludes halogenated alkanes) is 2. The van der Waals surface area contributed by atoms with E-state index in [1.54, 1.807) is 17.6 Å². The van der Waals surface area contributed by atoms with E-state index in [0.717, 1.165) is 55.5 Å². The van der Waals surface area contributed by atoms with Crippen molar-refractivity contribution in [2.24, 2.45) is 29.1 Å². The number of aryl methyl sites for hydroxylation is 1. The third-order valence-electron chi connectivity index (χ3n) is 12.1. The molecule has 3 heterocycles. The van der Waals surface area contributed by atoms with Crippen LogP contribution in [0.2, 0.25) is 0 Å². The first-order valence-electron chi connectivity index (χ1n) is 21.1. The molecular weight excluding hydrogens is 705 g/mol. The molecule has 2 aromatic rings. The second kappa shape index (κ2) is 19.9. The Labute approximate surface area is 336 Å². The number of aromatic nitrogens is 1. The molecule has 4 rings (SSSR count). The van der Waals surface area contributed by atoms with Gasteiger partial charge in [0.15, 0.2) is 6.29 Å². The molecule has 1 aromatic heterocycles. The summed E-state index contributed by atoms with van der Waals surface area (Å²) in [4.78, 5) is 41.8. The van der Waals surface area contributed by atoms with Crippen LogP contribution in [-0.4, -0.2) is 76.2 Å². The van der Waals surface area contributed by atoms with Gasteiger partial charge in [0.05, 0.1) is 23.7 Å². The third kappa shape index (κ3) is 12.4. The molecule has 2 aliphatic rings. The van der Waals surface area contributed by atoms with E-state index in [0.29, 0.717) is 25.3 Å². The van der Waals surface area contributed by atoms with Crippen LogP contribution in [0.25, 0.3) is 5.69 Å². The number of aliphatic hydroxyl groups is 1. The molecule has 2 aliphatic heterocycles. The summed E-state index contributed by atoms with van der Waals surface area (Å²) in [6.07, 6.45) is 6.86. The van der Waals surface area contributed by atoms with Gasteiger partial charge in [-0.05, 0) is 120 Å². The van der Waals surface area contributed by atoms with Crippen molar-refractivity contribution in [3.05, 3.63) is 64.1 Å². The highest BCUT2D eigenvalue weighted by Crippen LogP contribution is 2.41. The van der Waals surface area contributed by atoms with Gasteiger partial charge in [-0.1, -0.05) is 66.4 Å². The van der Waals surface area contributed by atoms with E-state index < -0.39 is 23.4 Å². The molecule has 0 saturated carbocycles. The number of carbonyl (C=O) groups is 2. The number of rotatable bonds is 9. The molecule has 0 aliphatic carbocycles. The van der Waals surface area contributed by atoms with Crippen molar-refractivity contribution in [2.45, 2.75) is 163 Å². The summed E-state index contributed by atoms with van der Waals surface area (Å²) >= 11 is 0. The molecule has 0 amide bonds. The van der Waals surface area contributed by atoms with Gasteiger partial charge in [0.1, 0.15) is 11.9 Å². The zero-order valence-corrected chi connectivity index (χ0v) is 36.1. The molecule has 2 fully saturated rings. The van der Waals surface area contributed by atoms with Crippen molar-refractivity contribution in [1.82, 2.24) is 9.47 Å². The maximum absolute atomic E-state index is 13.7. The van der Waals surface area contributed by atoms with Crippen molar-refractivity contribution < 1.29 is 28.9 Å². The number of hydrogen-bond acceptors (Lipinski definition) is 8. The SMILES string of the molecule is CCC1OC(=O)[C@H](C)C[C@H](C)C(OC2CC(N(C)CCCCC#Cc3ccc(-n4cc(C)ccc4=O)cc3)C[C@@H](C)O2)C(C)(C)C[C@@H](C)C(=O)C(C)CC1(C)O. The average molecular weight is 775 g/mol. The van der Waals surface area contributed by atoms with Gasteiger partial charge in [-0.25, -0.2) is 0 Å². The number of ketones is 1. The van der Waals surface area contributed by atoms with E-state index in [-0.39, 0.29) is 59.6 Å². The van der Waals surface area contributed by atoms with Crippen molar-refractivity contribution >= 4 is 11.8 Å². The summed E-state index contributed by atoms with van der Waals surface area (Å²) in [5.41, 5.74) is 1.04. The number of carbonyl (C=O) groups excluding carboxylic acids is 2. The molecular formula is C47H70N2O7. The average Bonchev–Trinajstić information content (AvgIpc) is 3.13. The minimum absolute atomic E-state index is 0.0222. The van der Waals surface area contributed by atoms with Gasteiger partial charge in [0, 0.05) is 54.2 Å². The molecule has 2 saturated heterocycles. The molecule has 6 unspecified atom stereocenters. The largest absolute Gasteiger partial charge is 0.459 e. The Morgan fingerprint density at radius 2 is 1.59 bits per heavy atom. The summed E-state index contributed by atoms with van der Waals surface area (Å²) in [5, 5.41) is 11.4. The summed E-state index contributed by atoms with van der Waals surface area (Å²) in [6, 6.07) is 11.5. The number of hydrogen-bond donors (Lipinski definition) is 1. The van der Waals surface area contributed by atoms with Crippen LogP contribution in [0.1, 0.15) is 131 Å². The number of cyclic esters (lactones) is 1. The zero-order valence-electron chi connectivity index (χ0n) is 36.1. The van der Waals surface area contributed by atoms with Crippen LogP contribution in [0.15, 0.2) is 47.4 Å². The molecule has 10 atom stereocenters. The predicted molar refractivity (Wildman–Crippen MR) is 222 cm³/mol. The quantitative estimate of drug-likeness (QED) is 0.154. The topological polar surface area (TPSA) is 107 Å². The zero-order chi connectivity index (χ0) is 41.4.